The van der Waals surface area contributed by atoms with Gasteiger partial charge in [-0.2, -0.15) is 4.98 Å². The van der Waals surface area contributed by atoms with Gasteiger partial charge in [-0.15, -0.1) is 0 Å². The van der Waals surface area contributed by atoms with Crippen LogP contribution in [0.1, 0.15) is 41.5 Å². The van der Waals surface area contributed by atoms with E-state index in [2.05, 4.69) is 15.1 Å². The highest BCUT2D eigenvalue weighted by atomic mass is 16.5. The number of amides is 1. The van der Waals surface area contributed by atoms with E-state index in [0.29, 0.717) is 36.3 Å². The van der Waals surface area contributed by atoms with Gasteiger partial charge in [-0.3, -0.25) is 9.78 Å². The predicted octanol–water partition coefficient (Wildman–Crippen LogP) is 3.30. The van der Waals surface area contributed by atoms with Crippen LogP contribution in [-0.4, -0.2) is 45.1 Å². The SMILES string of the molecule is O=C(c1ccccn1)N1CCC(Oc2ccccc2-c2nc(C3CC3)no2)C1. The van der Waals surface area contributed by atoms with Crippen LogP contribution in [0.15, 0.2) is 53.2 Å². The van der Waals surface area contributed by atoms with Crippen molar-refractivity contribution in [1.82, 2.24) is 20.0 Å². The number of carbonyl (C=O) groups is 1. The summed E-state index contributed by atoms with van der Waals surface area (Å²) in [6, 6.07) is 13.0. The first-order valence-electron chi connectivity index (χ1n) is 9.58. The fourth-order valence-corrected chi connectivity index (χ4v) is 3.44. The summed E-state index contributed by atoms with van der Waals surface area (Å²) in [5.74, 6) is 2.33. The maximum atomic E-state index is 12.6. The molecule has 1 saturated carbocycles. The topological polar surface area (TPSA) is 81.4 Å². The van der Waals surface area contributed by atoms with E-state index in [4.69, 9.17) is 9.26 Å². The van der Waals surface area contributed by atoms with Crippen LogP contribution >= 0.6 is 0 Å². The van der Waals surface area contributed by atoms with Crippen LogP contribution in [0, 0.1) is 0 Å². The van der Waals surface area contributed by atoms with Gasteiger partial charge in [-0.05, 0) is 37.1 Å². The van der Waals surface area contributed by atoms with Gasteiger partial charge in [0.1, 0.15) is 17.5 Å². The number of para-hydroxylation sites is 1. The molecule has 1 aromatic carbocycles. The first-order valence-corrected chi connectivity index (χ1v) is 9.58. The fourth-order valence-electron chi connectivity index (χ4n) is 3.44. The maximum absolute atomic E-state index is 12.6. The molecule has 1 atom stereocenters. The third kappa shape index (κ3) is 3.35. The molecule has 5 rings (SSSR count). The van der Waals surface area contributed by atoms with E-state index in [1.807, 2.05) is 30.3 Å². The Morgan fingerprint density at radius 2 is 1.96 bits per heavy atom. The number of hydrogen-bond donors (Lipinski definition) is 0. The molecular weight excluding hydrogens is 356 g/mol. The highest BCUT2D eigenvalue weighted by molar-refractivity contribution is 5.92. The van der Waals surface area contributed by atoms with Crippen molar-refractivity contribution >= 4 is 5.91 Å². The van der Waals surface area contributed by atoms with Gasteiger partial charge in [0, 0.05) is 25.1 Å². The Labute approximate surface area is 162 Å². The highest BCUT2D eigenvalue weighted by Gasteiger charge is 2.31. The number of aromatic nitrogens is 3. The zero-order chi connectivity index (χ0) is 18.9. The Morgan fingerprint density at radius 3 is 2.79 bits per heavy atom. The zero-order valence-electron chi connectivity index (χ0n) is 15.3. The average molecular weight is 376 g/mol. The number of carbonyl (C=O) groups excluding carboxylic acids is 1. The van der Waals surface area contributed by atoms with Gasteiger partial charge < -0.3 is 14.2 Å². The standard InChI is InChI=1S/C21H20N4O3/c26-21(17-6-3-4-11-22-17)25-12-10-15(13-25)27-18-7-2-1-5-16(18)20-23-19(24-28-20)14-8-9-14/h1-7,11,14-15H,8-10,12-13H2. The van der Waals surface area contributed by atoms with E-state index in [1.165, 1.54) is 0 Å². The first-order chi connectivity index (χ1) is 13.8. The van der Waals surface area contributed by atoms with E-state index >= 15 is 0 Å². The lowest BCUT2D eigenvalue weighted by molar-refractivity contribution is 0.0766. The molecule has 28 heavy (non-hydrogen) atoms. The molecule has 2 aliphatic rings. The van der Waals surface area contributed by atoms with E-state index in [9.17, 15) is 4.79 Å². The van der Waals surface area contributed by atoms with Gasteiger partial charge in [0.2, 0.25) is 0 Å². The monoisotopic (exact) mass is 376 g/mol. The summed E-state index contributed by atoms with van der Waals surface area (Å²) in [7, 11) is 0. The summed E-state index contributed by atoms with van der Waals surface area (Å²) in [6.07, 6.45) is 4.57. The number of nitrogens with zero attached hydrogens (tertiary/aromatic N) is 4. The Morgan fingerprint density at radius 1 is 1.11 bits per heavy atom. The van der Waals surface area contributed by atoms with Crippen LogP contribution in [0.5, 0.6) is 5.75 Å². The normalized spacial score (nSPS) is 19.0. The van der Waals surface area contributed by atoms with Gasteiger partial charge in [0.25, 0.3) is 11.8 Å². The Bertz CT molecular complexity index is 984. The minimum absolute atomic E-state index is 0.0639. The zero-order valence-corrected chi connectivity index (χ0v) is 15.3. The van der Waals surface area contributed by atoms with Gasteiger partial charge in [-0.25, -0.2) is 0 Å². The van der Waals surface area contributed by atoms with Crippen molar-refractivity contribution in [3.05, 3.63) is 60.2 Å². The van der Waals surface area contributed by atoms with Crippen molar-refractivity contribution in [2.75, 3.05) is 13.1 Å². The maximum Gasteiger partial charge on any atom is 0.272 e. The molecular formula is C21H20N4O3. The van der Waals surface area contributed by atoms with Crippen molar-refractivity contribution in [3.63, 3.8) is 0 Å². The van der Waals surface area contributed by atoms with Gasteiger partial charge >= 0.3 is 0 Å². The molecule has 1 aliphatic carbocycles. The molecule has 1 aliphatic heterocycles. The second-order valence-corrected chi connectivity index (χ2v) is 7.22. The molecule has 1 unspecified atom stereocenters. The molecule has 2 aromatic heterocycles. The fraction of sp³-hybridized carbons (Fsp3) is 0.333. The number of likely N-dealkylation sites (tertiary alicyclic amines) is 1. The van der Waals surface area contributed by atoms with Gasteiger partial charge in [0.05, 0.1) is 12.1 Å². The lowest BCUT2D eigenvalue weighted by Crippen LogP contribution is -2.31. The lowest BCUT2D eigenvalue weighted by Gasteiger charge is -2.17. The second kappa shape index (κ2) is 7.07. The lowest BCUT2D eigenvalue weighted by atomic mass is 10.2. The molecule has 7 nitrogen and oxygen atoms in total. The predicted molar refractivity (Wildman–Crippen MR) is 101 cm³/mol. The largest absolute Gasteiger partial charge is 0.488 e. The minimum Gasteiger partial charge on any atom is -0.488 e. The molecule has 0 bridgehead atoms. The van der Waals surface area contributed by atoms with Crippen LogP contribution in [0.2, 0.25) is 0 Å². The van der Waals surface area contributed by atoms with Crippen molar-refractivity contribution in [1.29, 1.82) is 0 Å². The number of pyridine rings is 1. The number of benzene rings is 1. The summed E-state index contributed by atoms with van der Waals surface area (Å²) < 4.78 is 11.7. The molecule has 3 heterocycles. The third-order valence-corrected chi connectivity index (χ3v) is 5.11. The van der Waals surface area contributed by atoms with Crippen molar-refractivity contribution in [2.24, 2.45) is 0 Å². The molecule has 1 saturated heterocycles. The van der Waals surface area contributed by atoms with Crippen LogP contribution < -0.4 is 4.74 Å². The molecule has 0 radical (unpaired) electrons. The quantitative estimate of drug-likeness (QED) is 0.680. The van der Waals surface area contributed by atoms with Gasteiger partial charge in [0.15, 0.2) is 5.82 Å². The van der Waals surface area contributed by atoms with Crippen LogP contribution in [0.25, 0.3) is 11.5 Å². The Balaban J connectivity index is 1.30. The molecule has 0 spiro atoms. The summed E-state index contributed by atoms with van der Waals surface area (Å²) in [5, 5.41) is 4.09. The molecule has 7 heteroatoms. The summed E-state index contributed by atoms with van der Waals surface area (Å²) in [4.78, 5) is 23.0. The smallest absolute Gasteiger partial charge is 0.272 e. The van der Waals surface area contributed by atoms with E-state index in [1.54, 1.807) is 23.2 Å². The molecule has 0 N–H and O–H groups in total. The Kier molecular flexibility index (Phi) is 4.27. The summed E-state index contributed by atoms with van der Waals surface area (Å²) >= 11 is 0. The molecule has 142 valence electrons. The van der Waals surface area contributed by atoms with Gasteiger partial charge in [-0.1, -0.05) is 23.4 Å². The van der Waals surface area contributed by atoms with E-state index in [-0.39, 0.29) is 12.0 Å². The van der Waals surface area contributed by atoms with Crippen LogP contribution in [-0.2, 0) is 0 Å². The van der Waals surface area contributed by atoms with Crippen molar-refractivity contribution in [3.8, 4) is 17.2 Å². The van der Waals surface area contributed by atoms with E-state index < -0.39 is 0 Å². The second-order valence-electron chi connectivity index (χ2n) is 7.22. The Hall–Kier alpha value is -3.22. The number of ether oxygens (including phenoxy) is 1. The van der Waals surface area contributed by atoms with Crippen molar-refractivity contribution in [2.45, 2.75) is 31.3 Å². The average Bonchev–Trinajstić information content (AvgIpc) is 3.29. The molecule has 3 aromatic rings. The van der Waals surface area contributed by atoms with Crippen LogP contribution in [0.3, 0.4) is 0 Å². The number of hydrogen-bond acceptors (Lipinski definition) is 6. The first kappa shape index (κ1) is 16.9. The molecule has 2 fully saturated rings. The summed E-state index contributed by atoms with van der Waals surface area (Å²) in [5.41, 5.74) is 1.25. The van der Waals surface area contributed by atoms with Crippen molar-refractivity contribution < 1.29 is 14.1 Å². The third-order valence-electron chi connectivity index (χ3n) is 5.11. The number of rotatable bonds is 5. The highest BCUT2D eigenvalue weighted by Crippen LogP contribution is 2.39. The summed E-state index contributed by atoms with van der Waals surface area (Å²) in [6.45, 7) is 1.18. The molecule has 1 amide bonds. The minimum atomic E-state index is -0.0837. The van der Waals surface area contributed by atoms with Crippen LogP contribution in [0.4, 0.5) is 0 Å². The van der Waals surface area contributed by atoms with E-state index in [0.717, 1.165) is 30.7 Å².